The molecule has 21 heavy (non-hydrogen) atoms. The minimum atomic E-state index is -0.173. The van der Waals surface area contributed by atoms with Gasteiger partial charge in [0.25, 0.3) is 5.91 Å². The highest BCUT2D eigenvalue weighted by Crippen LogP contribution is 2.17. The number of aryl methyl sites for hydroxylation is 1. The number of amides is 1. The van der Waals surface area contributed by atoms with Crippen molar-refractivity contribution in [3.63, 3.8) is 0 Å². The number of hydrogen-bond acceptors (Lipinski definition) is 2. The molecule has 0 saturated heterocycles. The van der Waals surface area contributed by atoms with Gasteiger partial charge in [0.1, 0.15) is 11.5 Å². The summed E-state index contributed by atoms with van der Waals surface area (Å²) in [7, 11) is 0. The van der Waals surface area contributed by atoms with Crippen molar-refractivity contribution >= 4 is 33.7 Å². The maximum absolute atomic E-state index is 12.0. The molecule has 0 bridgehead atoms. The highest BCUT2D eigenvalue weighted by molar-refractivity contribution is 9.10. The largest absolute Gasteiger partial charge is 0.305 e. The summed E-state index contributed by atoms with van der Waals surface area (Å²) in [6.45, 7) is 2.03. The Balaban J connectivity index is 1.91. The Kier molecular flexibility index (Phi) is 3.71. The molecule has 0 aliphatic carbocycles. The van der Waals surface area contributed by atoms with Gasteiger partial charge in [0.05, 0.1) is 0 Å². The normalized spacial score (nSPS) is 16.0. The van der Waals surface area contributed by atoms with E-state index in [9.17, 15) is 4.79 Å². The summed E-state index contributed by atoms with van der Waals surface area (Å²) in [5.74, 6) is 0.428. The fraction of sp³-hybridized carbons (Fsp3) is 0.0588. The lowest BCUT2D eigenvalue weighted by Crippen LogP contribution is -2.24. The SMILES string of the molecule is Cc1ccc(C2=N/C(=C\c3ccc(Br)cc3)C(=O)N2)cc1. The van der Waals surface area contributed by atoms with Crippen LogP contribution in [0.15, 0.2) is 63.7 Å². The molecule has 0 unspecified atom stereocenters. The molecular formula is C17H13BrN2O. The fourth-order valence-corrected chi connectivity index (χ4v) is 2.30. The second-order valence-electron chi connectivity index (χ2n) is 4.86. The van der Waals surface area contributed by atoms with Crippen LogP contribution in [-0.4, -0.2) is 11.7 Å². The third-order valence-corrected chi connectivity index (χ3v) is 3.72. The molecule has 104 valence electrons. The van der Waals surface area contributed by atoms with Gasteiger partial charge in [0, 0.05) is 10.0 Å². The third-order valence-electron chi connectivity index (χ3n) is 3.20. The number of benzene rings is 2. The molecule has 2 aromatic rings. The van der Waals surface area contributed by atoms with Crippen molar-refractivity contribution in [1.82, 2.24) is 5.32 Å². The summed E-state index contributed by atoms with van der Waals surface area (Å²) in [6.07, 6.45) is 1.78. The van der Waals surface area contributed by atoms with Crippen LogP contribution in [0.1, 0.15) is 16.7 Å². The molecule has 3 rings (SSSR count). The monoisotopic (exact) mass is 340 g/mol. The lowest BCUT2D eigenvalue weighted by molar-refractivity contribution is -0.115. The second-order valence-corrected chi connectivity index (χ2v) is 5.78. The molecule has 1 N–H and O–H groups in total. The van der Waals surface area contributed by atoms with E-state index in [4.69, 9.17) is 0 Å². The van der Waals surface area contributed by atoms with E-state index >= 15 is 0 Å². The summed E-state index contributed by atoms with van der Waals surface area (Å²) in [5.41, 5.74) is 3.45. The summed E-state index contributed by atoms with van der Waals surface area (Å²) in [6, 6.07) is 15.6. The van der Waals surface area contributed by atoms with E-state index < -0.39 is 0 Å². The van der Waals surface area contributed by atoms with Gasteiger partial charge in [0.15, 0.2) is 0 Å². The van der Waals surface area contributed by atoms with Gasteiger partial charge in [-0.2, -0.15) is 0 Å². The Hall–Kier alpha value is -2.20. The summed E-state index contributed by atoms with van der Waals surface area (Å²) in [5, 5.41) is 2.80. The van der Waals surface area contributed by atoms with Gasteiger partial charge in [-0.15, -0.1) is 0 Å². The van der Waals surface area contributed by atoms with Crippen molar-refractivity contribution in [1.29, 1.82) is 0 Å². The zero-order valence-electron chi connectivity index (χ0n) is 11.4. The number of nitrogens with zero attached hydrogens (tertiary/aromatic N) is 1. The molecule has 1 aliphatic heterocycles. The molecule has 0 atom stereocenters. The Labute approximate surface area is 131 Å². The predicted octanol–water partition coefficient (Wildman–Crippen LogP) is 3.68. The van der Waals surface area contributed by atoms with E-state index in [2.05, 4.69) is 26.2 Å². The summed E-state index contributed by atoms with van der Waals surface area (Å²) in [4.78, 5) is 16.4. The number of rotatable bonds is 2. The number of halogens is 1. The van der Waals surface area contributed by atoms with Crippen molar-refractivity contribution in [2.24, 2.45) is 4.99 Å². The van der Waals surface area contributed by atoms with E-state index in [1.807, 2.05) is 55.5 Å². The average Bonchev–Trinajstić information content (AvgIpc) is 2.83. The van der Waals surface area contributed by atoms with Crippen molar-refractivity contribution in [2.75, 3.05) is 0 Å². The van der Waals surface area contributed by atoms with Crippen LogP contribution >= 0.6 is 15.9 Å². The van der Waals surface area contributed by atoms with Crippen molar-refractivity contribution in [3.8, 4) is 0 Å². The van der Waals surface area contributed by atoms with Gasteiger partial charge >= 0.3 is 0 Å². The van der Waals surface area contributed by atoms with Crippen molar-refractivity contribution < 1.29 is 4.79 Å². The van der Waals surface area contributed by atoms with Crippen LogP contribution in [0.3, 0.4) is 0 Å². The summed E-state index contributed by atoms with van der Waals surface area (Å²) < 4.78 is 1.00. The van der Waals surface area contributed by atoms with E-state index in [1.165, 1.54) is 5.56 Å². The first-order valence-corrected chi connectivity index (χ1v) is 7.35. The Morgan fingerprint density at radius 3 is 2.38 bits per heavy atom. The van der Waals surface area contributed by atoms with Crippen LogP contribution in [0.5, 0.6) is 0 Å². The van der Waals surface area contributed by atoms with Crippen LogP contribution in [-0.2, 0) is 4.79 Å². The van der Waals surface area contributed by atoms with Gasteiger partial charge in [0.2, 0.25) is 0 Å². The van der Waals surface area contributed by atoms with Crippen molar-refractivity contribution in [2.45, 2.75) is 6.92 Å². The van der Waals surface area contributed by atoms with Gasteiger partial charge in [-0.25, -0.2) is 4.99 Å². The Morgan fingerprint density at radius 1 is 1.05 bits per heavy atom. The number of amidine groups is 1. The zero-order chi connectivity index (χ0) is 14.8. The van der Waals surface area contributed by atoms with Crippen LogP contribution < -0.4 is 5.32 Å². The molecule has 2 aromatic carbocycles. The molecule has 1 aliphatic rings. The standard InChI is InChI=1S/C17H13BrN2O/c1-11-2-6-13(7-3-11)16-19-15(17(21)20-16)10-12-4-8-14(18)9-5-12/h2-10H,1H3,(H,19,20,21)/b15-10-. The molecule has 0 fully saturated rings. The topological polar surface area (TPSA) is 41.5 Å². The van der Waals surface area contributed by atoms with E-state index in [1.54, 1.807) is 6.08 Å². The molecule has 0 aromatic heterocycles. The Morgan fingerprint density at radius 2 is 1.71 bits per heavy atom. The maximum atomic E-state index is 12.0. The molecule has 0 spiro atoms. The molecule has 4 heteroatoms. The van der Waals surface area contributed by atoms with E-state index in [-0.39, 0.29) is 5.91 Å². The van der Waals surface area contributed by atoms with Gasteiger partial charge in [-0.05, 0) is 30.7 Å². The third kappa shape index (κ3) is 3.11. The minimum absolute atomic E-state index is 0.173. The predicted molar refractivity (Wildman–Crippen MR) is 88.0 cm³/mol. The highest BCUT2D eigenvalue weighted by atomic mass is 79.9. The first-order valence-electron chi connectivity index (χ1n) is 6.56. The van der Waals surface area contributed by atoms with Gasteiger partial charge in [-0.3, -0.25) is 4.79 Å². The first kappa shape index (κ1) is 13.8. The van der Waals surface area contributed by atoms with E-state index in [0.717, 1.165) is 15.6 Å². The zero-order valence-corrected chi connectivity index (χ0v) is 13.0. The number of carbonyl (C=O) groups excluding carboxylic acids is 1. The number of nitrogens with one attached hydrogen (secondary N) is 1. The van der Waals surface area contributed by atoms with Crippen LogP contribution in [0.25, 0.3) is 6.08 Å². The molecule has 0 radical (unpaired) electrons. The smallest absolute Gasteiger partial charge is 0.275 e. The average molecular weight is 341 g/mol. The van der Waals surface area contributed by atoms with E-state index in [0.29, 0.717) is 11.5 Å². The second kappa shape index (κ2) is 5.66. The lowest BCUT2D eigenvalue weighted by Gasteiger charge is -2.00. The van der Waals surface area contributed by atoms with Crippen molar-refractivity contribution in [3.05, 3.63) is 75.4 Å². The van der Waals surface area contributed by atoms with Crippen LogP contribution in [0, 0.1) is 6.92 Å². The Bertz CT molecular complexity index is 743. The molecular weight excluding hydrogens is 328 g/mol. The van der Waals surface area contributed by atoms with Crippen LogP contribution in [0.4, 0.5) is 0 Å². The summed E-state index contributed by atoms with van der Waals surface area (Å²) >= 11 is 3.39. The molecule has 3 nitrogen and oxygen atoms in total. The number of hydrogen-bond donors (Lipinski definition) is 1. The number of aliphatic imine (C=N–C) groups is 1. The first-order chi connectivity index (χ1) is 10.1. The highest BCUT2D eigenvalue weighted by Gasteiger charge is 2.20. The fourth-order valence-electron chi connectivity index (χ4n) is 2.03. The molecule has 0 saturated carbocycles. The lowest BCUT2D eigenvalue weighted by atomic mass is 10.1. The quantitative estimate of drug-likeness (QED) is 0.832. The molecule has 1 heterocycles. The van der Waals surface area contributed by atoms with Gasteiger partial charge in [-0.1, -0.05) is 57.9 Å². The van der Waals surface area contributed by atoms with Crippen LogP contribution in [0.2, 0.25) is 0 Å². The minimum Gasteiger partial charge on any atom is -0.305 e. The molecule has 1 amide bonds. The van der Waals surface area contributed by atoms with Gasteiger partial charge < -0.3 is 5.32 Å². The number of carbonyl (C=O) groups is 1. The maximum Gasteiger partial charge on any atom is 0.275 e.